The van der Waals surface area contributed by atoms with Crippen LogP contribution in [0.2, 0.25) is 0 Å². The summed E-state index contributed by atoms with van der Waals surface area (Å²) in [6, 6.07) is 0. The standard InChI is InChI=1S/C9H14N2O2S/c1-6(2)4-10-9-11-7(5-14-9)3-8(12)13/h5-6H,3-4H2,1-2H3,(H,10,11)(H,12,13)/p-1. The second-order valence-corrected chi connectivity index (χ2v) is 4.33. The molecule has 14 heavy (non-hydrogen) atoms. The topological polar surface area (TPSA) is 65.0 Å². The maximum absolute atomic E-state index is 10.3. The van der Waals surface area contributed by atoms with Crippen LogP contribution in [0.4, 0.5) is 5.13 Å². The van der Waals surface area contributed by atoms with E-state index in [4.69, 9.17) is 0 Å². The van der Waals surface area contributed by atoms with Crippen molar-refractivity contribution in [1.29, 1.82) is 0 Å². The van der Waals surface area contributed by atoms with Crippen LogP contribution in [-0.4, -0.2) is 17.5 Å². The molecule has 0 aliphatic heterocycles. The monoisotopic (exact) mass is 213 g/mol. The van der Waals surface area contributed by atoms with Gasteiger partial charge in [-0.05, 0) is 5.92 Å². The Morgan fingerprint density at radius 3 is 3.00 bits per heavy atom. The lowest BCUT2D eigenvalue weighted by Gasteiger charge is -2.04. The number of carboxylic acid groups (broad SMARTS) is 1. The average Bonchev–Trinajstić information content (AvgIpc) is 2.47. The molecular weight excluding hydrogens is 200 g/mol. The Kier molecular flexibility index (Phi) is 3.88. The molecule has 1 aromatic heterocycles. The maximum Gasteiger partial charge on any atom is 0.182 e. The predicted octanol–water partition coefficient (Wildman–Crippen LogP) is 0.503. The average molecular weight is 213 g/mol. The highest BCUT2D eigenvalue weighted by molar-refractivity contribution is 7.13. The lowest BCUT2D eigenvalue weighted by Crippen LogP contribution is -2.24. The molecule has 0 aliphatic carbocycles. The summed E-state index contributed by atoms with van der Waals surface area (Å²) in [6.07, 6.45) is -0.111. The quantitative estimate of drug-likeness (QED) is 0.773. The second kappa shape index (κ2) is 4.95. The fraction of sp³-hybridized carbons (Fsp3) is 0.556. The molecule has 1 N–H and O–H groups in total. The van der Waals surface area contributed by atoms with E-state index in [0.717, 1.165) is 11.7 Å². The van der Waals surface area contributed by atoms with Crippen molar-refractivity contribution in [3.05, 3.63) is 11.1 Å². The van der Waals surface area contributed by atoms with Gasteiger partial charge in [0.1, 0.15) is 0 Å². The van der Waals surface area contributed by atoms with E-state index >= 15 is 0 Å². The third kappa shape index (κ3) is 3.74. The van der Waals surface area contributed by atoms with Gasteiger partial charge in [-0.25, -0.2) is 4.98 Å². The smallest absolute Gasteiger partial charge is 0.182 e. The molecule has 0 aromatic carbocycles. The highest BCUT2D eigenvalue weighted by Gasteiger charge is 2.02. The molecule has 0 atom stereocenters. The Hall–Kier alpha value is -1.10. The van der Waals surface area contributed by atoms with Gasteiger partial charge in [-0.15, -0.1) is 11.3 Å². The van der Waals surface area contributed by atoms with E-state index in [1.807, 2.05) is 0 Å². The first kappa shape index (κ1) is 11.0. The van der Waals surface area contributed by atoms with Gasteiger partial charge in [-0.1, -0.05) is 13.8 Å². The van der Waals surface area contributed by atoms with Gasteiger partial charge in [0.05, 0.1) is 5.69 Å². The third-order valence-corrected chi connectivity index (χ3v) is 2.39. The van der Waals surface area contributed by atoms with E-state index < -0.39 is 5.97 Å². The third-order valence-electron chi connectivity index (χ3n) is 1.54. The number of hydrogen-bond donors (Lipinski definition) is 1. The summed E-state index contributed by atoms with van der Waals surface area (Å²) in [7, 11) is 0. The van der Waals surface area contributed by atoms with E-state index in [-0.39, 0.29) is 6.42 Å². The fourth-order valence-corrected chi connectivity index (χ4v) is 1.63. The SMILES string of the molecule is CC(C)CNc1nc(CC(=O)[O-])cs1. The lowest BCUT2D eigenvalue weighted by atomic mass is 10.2. The Balaban J connectivity index is 2.46. The highest BCUT2D eigenvalue weighted by atomic mass is 32.1. The van der Waals surface area contributed by atoms with Crippen molar-refractivity contribution in [2.45, 2.75) is 20.3 Å². The number of aliphatic carboxylic acids is 1. The number of nitrogens with zero attached hydrogens (tertiary/aromatic N) is 1. The maximum atomic E-state index is 10.3. The van der Waals surface area contributed by atoms with Crippen LogP contribution in [-0.2, 0) is 11.2 Å². The van der Waals surface area contributed by atoms with Crippen molar-refractivity contribution in [2.75, 3.05) is 11.9 Å². The highest BCUT2D eigenvalue weighted by Crippen LogP contribution is 2.15. The van der Waals surface area contributed by atoms with Crippen LogP contribution in [0, 0.1) is 5.92 Å². The van der Waals surface area contributed by atoms with Crippen LogP contribution in [0.25, 0.3) is 0 Å². The zero-order valence-electron chi connectivity index (χ0n) is 8.24. The molecule has 0 aliphatic rings. The van der Waals surface area contributed by atoms with Gasteiger partial charge >= 0.3 is 0 Å². The molecule has 4 nitrogen and oxygen atoms in total. The summed E-state index contributed by atoms with van der Waals surface area (Å²) in [6.45, 7) is 5.05. The molecule has 0 bridgehead atoms. The summed E-state index contributed by atoms with van der Waals surface area (Å²) in [5.41, 5.74) is 0.557. The number of thiazole rings is 1. The normalized spacial score (nSPS) is 10.5. The number of carboxylic acids is 1. The Morgan fingerprint density at radius 1 is 1.71 bits per heavy atom. The molecule has 1 heterocycles. The molecule has 0 fully saturated rings. The largest absolute Gasteiger partial charge is 0.550 e. The summed E-state index contributed by atoms with van der Waals surface area (Å²) in [5, 5.41) is 15.9. The summed E-state index contributed by atoms with van der Waals surface area (Å²) in [5.74, 6) is -0.547. The number of nitrogens with one attached hydrogen (secondary N) is 1. The van der Waals surface area contributed by atoms with Crippen molar-refractivity contribution in [3.8, 4) is 0 Å². The molecule has 0 saturated heterocycles. The molecule has 0 saturated carbocycles. The van der Waals surface area contributed by atoms with Crippen molar-refractivity contribution < 1.29 is 9.90 Å². The Morgan fingerprint density at radius 2 is 2.43 bits per heavy atom. The van der Waals surface area contributed by atoms with Gasteiger partial charge in [0.25, 0.3) is 0 Å². The molecule has 78 valence electrons. The van der Waals surface area contributed by atoms with Gasteiger partial charge in [0.15, 0.2) is 5.13 Å². The molecule has 0 unspecified atom stereocenters. The Bertz CT molecular complexity index is 310. The van der Waals surface area contributed by atoms with Crippen LogP contribution < -0.4 is 10.4 Å². The first-order valence-corrected chi connectivity index (χ1v) is 5.34. The molecule has 5 heteroatoms. The van der Waals surface area contributed by atoms with E-state index in [9.17, 15) is 9.90 Å². The van der Waals surface area contributed by atoms with Crippen molar-refractivity contribution >= 4 is 22.4 Å². The van der Waals surface area contributed by atoms with E-state index in [1.165, 1.54) is 11.3 Å². The summed E-state index contributed by atoms with van der Waals surface area (Å²) >= 11 is 1.42. The number of hydrogen-bond acceptors (Lipinski definition) is 5. The zero-order chi connectivity index (χ0) is 10.6. The van der Waals surface area contributed by atoms with Crippen molar-refractivity contribution in [1.82, 2.24) is 4.98 Å². The number of aromatic nitrogens is 1. The number of carbonyl (C=O) groups is 1. The molecule has 1 aromatic rings. The first-order chi connectivity index (χ1) is 6.58. The molecule has 0 amide bonds. The van der Waals surface area contributed by atoms with Crippen LogP contribution in [0.5, 0.6) is 0 Å². The first-order valence-electron chi connectivity index (χ1n) is 4.46. The lowest BCUT2D eigenvalue weighted by molar-refractivity contribution is -0.304. The van der Waals surface area contributed by atoms with Gasteiger partial charge < -0.3 is 15.2 Å². The van der Waals surface area contributed by atoms with Gasteiger partial charge in [0, 0.05) is 24.3 Å². The van der Waals surface area contributed by atoms with Crippen molar-refractivity contribution in [3.63, 3.8) is 0 Å². The van der Waals surface area contributed by atoms with Crippen LogP contribution >= 0.6 is 11.3 Å². The summed E-state index contributed by atoms with van der Waals surface area (Å²) in [4.78, 5) is 14.4. The van der Waals surface area contributed by atoms with E-state index in [0.29, 0.717) is 11.6 Å². The molecule has 1 rings (SSSR count). The van der Waals surface area contributed by atoms with Gasteiger partial charge in [-0.3, -0.25) is 0 Å². The van der Waals surface area contributed by atoms with Crippen LogP contribution in [0.3, 0.4) is 0 Å². The second-order valence-electron chi connectivity index (χ2n) is 3.47. The van der Waals surface area contributed by atoms with Crippen molar-refractivity contribution in [2.24, 2.45) is 5.92 Å². The summed E-state index contributed by atoms with van der Waals surface area (Å²) < 4.78 is 0. The number of carbonyl (C=O) groups excluding carboxylic acids is 1. The molecular formula is C9H13N2O2S-. The number of rotatable bonds is 5. The fourth-order valence-electron chi connectivity index (χ4n) is 0.909. The number of anilines is 1. The Labute approximate surface area is 87.0 Å². The van der Waals surface area contributed by atoms with Crippen LogP contribution in [0.1, 0.15) is 19.5 Å². The van der Waals surface area contributed by atoms with Crippen LogP contribution in [0.15, 0.2) is 5.38 Å². The molecule has 0 radical (unpaired) electrons. The molecule has 0 spiro atoms. The van der Waals surface area contributed by atoms with E-state index in [2.05, 4.69) is 24.1 Å². The zero-order valence-corrected chi connectivity index (χ0v) is 9.06. The minimum absolute atomic E-state index is 0.111. The predicted molar refractivity (Wildman–Crippen MR) is 54.2 cm³/mol. The van der Waals surface area contributed by atoms with E-state index in [1.54, 1.807) is 5.38 Å². The van der Waals surface area contributed by atoms with Gasteiger partial charge in [-0.2, -0.15) is 0 Å². The van der Waals surface area contributed by atoms with Gasteiger partial charge in [0.2, 0.25) is 0 Å². The minimum atomic E-state index is -1.09. The minimum Gasteiger partial charge on any atom is -0.550 e.